The number of morpholine rings is 1. The van der Waals surface area contributed by atoms with Crippen molar-refractivity contribution in [2.75, 3.05) is 45.5 Å². The molecule has 1 aromatic heterocycles. The minimum absolute atomic E-state index is 0.179. The minimum Gasteiger partial charge on any atom is -0.493 e. The zero-order chi connectivity index (χ0) is 15.7. The minimum atomic E-state index is -0.179. The Morgan fingerprint density at radius 1 is 1.18 bits per heavy atom. The normalized spacial score (nSPS) is 15.1. The highest BCUT2D eigenvalue weighted by molar-refractivity contribution is 7.71. The van der Waals surface area contributed by atoms with Crippen LogP contribution in [0.4, 0.5) is 0 Å². The lowest BCUT2D eigenvalue weighted by Crippen LogP contribution is -2.49. The number of aromatic nitrogens is 2. The molecule has 0 bridgehead atoms. The van der Waals surface area contributed by atoms with E-state index in [9.17, 15) is 4.79 Å². The lowest BCUT2D eigenvalue weighted by molar-refractivity contribution is 0.110. The van der Waals surface area contributed by atoms with Crippen molar-refractivity contribution in [2.45, 2.75) is 0 Å². The number of H-pyrrole nitrogens is 1. The Bertz CT molecular complexity index is 808. The van der Waals surface area contributed by atoms with Gasteiger partial charge in [0, 0.05) is 6.07 Å². The number of rotatable bonds is 3. The molecule has 0 amide bonds. The second-order valence-corrected chi connectivity index (χ2v) is 5.25. The zero-order valence-corrected chi connectivity index (χ0v) is 13.2. The van der Waals surface area contributed by atoms with E-state index in [1.54, 1.807) is 19.2 Å². The molecule has 1 aliphatic heterocycles. The number of aromatic amines is 1. The highest BCUT2D eigenvalue weighted by atomic mass is 32.1. The topological polar surface area (TPSA) is 68.7 Å². The van der Waals surface area contributed by atoms with E-state index >= 15 is 0 Å². The fraction of sp³-hybridized carbons (Fsp3) is 0.429. The highest BCUT2D eigenvalue weighted by Crippen LogP contribution is 2.29. The van der Waals surface area contributed by atoms with Gasteiger partial charge in [-0.2, -0.15) is 4.68 Å². The molecule has 0 spiro atoms. The SMILES string of the molecule is COc1cc2[nH]c(=S)n(N3CCOCC3)c(=O)c2cc1OC. The van der Waals surface area contributed by atoms with Crippen LogP contribution in [0.5, 0.6) is 11.5 Å². The molecule has 0 saturated carbocycles. The van der Waals surface area contributed by atoms with Gasteiger partial charge in [0.1, 0.15) is 0 Å². The number of nitrogens with one attached hydrogen (secondary N) is 1. The van der Waals surface area contributed by atoms with Crippen LogP contribution in [0.25, 0.3) is 10.9 Å². The van der Waals surface area contributed by atoms with Gasteiger partial charge in [0.05, 0.1) is 51.4 Å². The maximum atomic E-state index is 12.8. The van der Waals surface area contributed by atoms with Crippen LogP contribution in [0.2, 0.25) is 0 Å². The average Bonchev–Trinajstić information content (AvgIpc) is 2.54. The van der Waals surface area contributed by atoms with Gasteiger partial charge in [-0.15, -0.1) is 0 Å². The second-order valence-electron chi connectivity index (χ2n) is 4.87. The Labute approximate surface area is 132 Å². The smallest absolute Gasteiger partial charge is 0.281 e. The lowest BCUT2D eigenvalue weighted by atomic mass is 10.2. The number of fused-ring (bicyclic) bond motifs is 1. The predicted molar refractivity (Wildman–Crippen MR) is 85.3 cm³/mol. The molecule has 1 aliphatic rings. The molecule has 22 heavy (non-hydrogen) atoms. The molecule has 1 N–H and O–H groups in total. The fourth-order valence-corrected chi connectivity index (χ4v) is 2.85. The van der Waals surface area contributed by atoms with Gasteiger partial charge >= 0.3 is 0 Å². The van der Waals surface area contributed by atoms with Crippen LogP contribution in [0, 0.1) is 4.77 Å². The largest absolute Gasteiger partial charge is 0.493 e. The van der Waals surface area contributed by atoms with Crippen molar-refractivity contribution in [2.24, 2.45) is 0 Å². The number of benzene rings is 1. The van der Waals surface area contributed by atoms with Gasteiger partial charge in [0.15, 0.2) is 16.3 Å². The van der Waals surface area contributed by atoms with Crippen LogP contribution in [0.1, 0.15) is 0 Å². The second kappa shape index (κ2) is 5.98. The van der Waals surface area contributed by atoms with E-state index in [4.69, 9.17) is 26.4 Å². The molecular weight excluding hydrogens is 306 g/mol. The Hall–Kier alpha value is -2.06. The Morgan fingerprint density at radius 2 is 1.82 bits per heavy atom. The molecular formula is C14H17N3O4S. The summed E-state index contributed by atoms with van der Waals surface area (Å²) in [6, 6.07) is 3.38. The van der Waals surface area contributed by atoms with Crippen molar-refractivity contribution < 1.29 is 14.2 Å². The van der Waals surface area contributed by atoms with Gasteiger partial charge in [-0.3, -0.25) is 4.79 Å². The molecule has 0 radical (unpaired) electrons. The Balaban J connectivity index is 2.23. The first-order valence-corrected chi connectivity index (χ1v) is 7.30. The van der Waals surface area contributed by atoms with E-state index in [1.807, 2.05) is 5.01 Å². The average molecular weight is 323 g/mol. The summed E-state index contributed by atoms with van der Waals surface area (Å²) in [6.07, 6.45) is 0. The van der Waals surface area contributed by atoms with Crippen molar-refractivity contribution in [3.05, 3.63) is 27.3 Å². The van der Waals surface area contributed by atoms with E-state index in [0.717, 1.165) is 0 Å². The lowest BCUT2D eigenvalue weighted by Gasteiger charge is -2.29. The Morgan fingerprint density at radius 3 is 2.45 bits per heavy atom. The van der Waals surface area contributed by atoms with Crippen molar-refractivity contribution in [1.82, 2.24) is 9.66 Å². The van der Waals surface area contributed by atoms with E-state index in [0.29, 0.717) is 53.5 Å². The summed E-state index contributed by atoms with van der Waals surface area (Å²) in [6.45, 7) is 2.39. The first-order chi connectivity index (χ1) is 10.7. The van der Waals surface area contributed by atoms with Crippen molar-refractivity contribution in [3.63, 3.8) is 0 Å². The Kier molecular flexibility index (Phi) is 4.04. The van der Waals surface area contributed by atoms with Crippen molar-refractivity contribution in [1.29, 1.82) is 0 Å². The number of hydrogen-bond acceptors (Lipinski definition) is 6. The maximum Gasteiger partial charge on any atom is 0.281 e. The van der Waals surface area contributed by atoms with Crippen molar-refractivity contribution >= 4 is 23.1 Å². The summed E-state index contributed by atoms with van der Waals surface area (Å²) in [4.78, 5) is 15.9. The molecule has 1 saturated heterocycles. The van der Waals surface area contributed by atoms with Gasteiger partial charge in [-0.25, -0.2) is 0 Å². The molecule has 0 aliphatic carbocycles. The highest BCUT2D eigenvalue weighted by Gasteiger charge is 2.17. The summed E-state index contributed by atoms with van der Waals surface area (Å²) in [5.74, 6) is 1.05. The number of nitrogens with zero attached hydrogens (tertiary/aromatic N) is 2. The van der Waals surface area contributed by atoms with Gasteiger partial charge in [-0.05, 0) is 18.3 Å². The summed E-state index contributed by atoms with van der Waals surface area (Å²) >= 11 is 5.34. The predicted octanol–water partition coefficient (Wildman–Crippen LogP) is 1.04. The summed E-state index contributed by atoms with van der Waals surface area (Å²) < 4.78 is 17.7. The van der Waals surface area contributed by atoms with Crippen LogP contribution in [-0.2, 0) is 4.74 Å². The quantitative estimate of drug-likeness (QED) is 0.852. The van der Waals surface area contributed by atoms with Gasteiger partial charge in [0.2, 0.25) is 0 Å². The maximum absolute atomic E-state index is 12.8. The molecule has 1 aromatic carbocycles. The number of ether oxygens (including phenoxy) is 3. The molecule has 118 valence electrons. The molecule has 8 heteroatoms. The molecule has 2 aromatic rings. The summed E-state index contributed by atoms with van der Waals surface area (Å²) in [5.41, 5.74) is 0.443. The summed E-state index contributed by atoms with van der Waals surface area (Å²) in [7, 11) is 3.09. The third-order valence-corrected chi connectivity index (χ3v) is 3.93. The molecule has 1 fully saturated rings. The zero-order valence-electron chi connectivity index (χ0n) is 12.4. The monoisotopic (exact) mass is 323 g/mol. The first-order valence-electron chi connectivity index (χ1n) is 6.89. The molecule has 7 nitrogen and oxygen atoms in total. The number of methoxy groups -OCH3 is 2. The third-order valence-electron chi connectivity index (χ3n) is 3.65. The third kappa shape index (κ3) is 2.44. The van der Waals surface area contributed by atoms with Gasteiger partial charge in [0.25, 0.3) is 5.56 Å². The van der Waals surface area contributed by atoms with E-state index < -0.39 is 0 Å². The molecule has 0 unspecified atom stereocenters. The number of hydrogen-bond donors (Lipinski definition) is 1. The summed E-state index contributed by atoms with van der Waals surface area (Å²) in [5, 5.41) is 2.39. The fourth-order valence-electron chi connectivity index (χ4n) is 2.54. The van der Waals surface area contributed by atoms with Gasteiger partial charge in [-0.1, -0.05) is 0 Å². The van der Waals surface area contributed by atoms with Crippen LogP contribution in [-0.4, -0.2) is 50.2 Å². The van der Waals surface area contributed by atoms with Crippen LogP contribution < -0.4 is 20.0 Å². The van der Waals surface area contributed by atoms with Gasteiger partial charge < -0.3 is 24.2 Å². The van der Waals surface area contributed by atoms with Crippen LogP contribution >= 0.6 is 12.2 Å². The molecule has 3 rings (SSSR count). The van der Waals surface area contributed by atoms with E-state index in [1.165, 1.54) is 11.8 Å². The standard InChI is InChI=1S/C14H17N3O4S/c1-19-11-7-9-10(8-12(11)20-2)15-14(22)17(13(9)18)16-3-5-21-6-4-16/h7-8H,3-6H2,1-2H3,(H,15,22). The van der Waals surface area contributed by atoms with E-state index in [2.05, 4.69) is 4.98 Å². The first kappa shape index (κ1) is 14.9. The van der Waals surface area contributed by atoms with Crippen molar-refractivity contribution in [3.8, 4) is 11.5 Å². The van der Waals surface area contributed by atoms with Crippen LogP contribution in [0.3, 0.4) is 0 Å². The van der Waals surface area contributed by atoms with Crippen LogP contribution in [0.15, 0.2) is 16.9 Å². The molecule has 2 heterocycles. The van der Waals surface area contributed by atoms with E-state index in [-0.39, 0.29) is 5.56 Å². The molecule has 0 atom stereocenters.